The van der Waals surface area contributed by atoms with Crippen molar-refractivity contribution in [3.05, 3.63) is 83.9 Å². The summed E-state index contributed by atoms with van der Waals surface area (Å²) in [4.78, 5) is 37.9. The first kappa shape index (κ1) is 25.2. The zero-order valence-electron chi connectivity index (χ0n) is 19.2. The number of carbonyl (C=O) groups excluding carboxylic acids is 3. The van der Waals surface area contributed by atoms with Gasteiger partial charge in [-0.1, -0.05) is 72.8 Å². The van der Waals surface area contributed by atoms with Gasteiger partial charge in [-0.25, -0.2) is 0 Å². The predicted molar refractivity (Wildman–Crippen MR) is 129 cm³/mol. The summed E-state index contributed by atoms with van der Waals surface area (Å²) < 4.78 is 5.60. The maximum atomic E-state index is 13.0. The minimum Gasteiger partial charge on any atom is -0.456 e. The van der Waals surface area contributed by atoms with Gasteiger partial charge in [-0.3, -0.25) is 14.4 Å². The molecule has 1 aliphatic rings. The molecule has 0 aromatic heterocycles. The summed E-state index contributed by atoms with van der Waals surface area (Å²) in [6.45, 7) is -0.0643. The van der Waals surface area contributed by atoms with Gasteiger partial charge in [0.25, 0.3) is 0 Å². The monoisotopic (exact) mass is 464 g/mol. The molecule has 3 N–H and O–H groups in total. The second-order valence-corrected chi connectivity index (χ2v) is 8.42. The first-order valence-corrected chi connectivity index (χ1v) is 11.7. The average molecular weight is 465 g/mol. The van der Waals surface area contributed by atoms with Crippen LogP contribution >= 0.6 is 0 Å². The predicted octanol–water partition coefficient (Wildman–Crippen LogP) is 2.85. The third-order valence-electron chi connectivity index (χ3n) is 5.72. The number of hydrogen-bond acceptors (Lipinski definition) is 5. The van der Waals surface area contributed by atoms with Crippen LogP contribution in [0.4, 0.5) is 0 Å². The van der Waals surface area contributed by atoms with Crippen LogP contribution in [0, 0.1) is 5.92 Å². The maximum absolute atomic E-state index is 13.0. The Morgan fingerprint density at radius 3 is 2.47 bits per heavy atom. The average Bonchev–Trinajstić information content (AvgIpc) is 2.85. The Labute approximate surface area is 200 Å². The zero-order valence-corrected chi connectivity index (χ0v) is 19.2. The van der Waals surface area contributed by atoms with Gasteiger partial charge in [0.15, 0.2) is 0 Å². The first-order chi connectivity index (χ1) is 16.5. The van der Waals surface area contributed by atoms with Crippen LogP contribution < -0.4 is 10.6 Å². The van der Waals surface area contributed by atoms with Crippen LogP contribution in [0.5, 0.6) is 0 Å². The lowest BCUT2D eigenvalue weighted by Crippen LogP contribution is -2.42. The number of rotatable bonds is 7. The SMILES string of the molecule is O=C(C[C@@H]1C/C=C\CCC(=O)O[C@H](c2ccccc2)CNC1=O)N[C@H](CO)Cc1ccccc1. The number of nitrogens with one attached hydrogen (secondary N) is 2. The molecule has 0 spiro atoms. The second kappa shape index (κ2) is 13.3. The van der Waals surface area contributed by atoms with Gasteiger partial charge in [-0.15, -0.1) is 0 Å². The molecule has 7 heteroatoms. The van der Waals surface area contributed by atoms with Gasteiger partial charge >= 0.3 is 5.97 Å². The summed E-state index contributed by atoms with van der Waals surface area (Å²) >= 11 is 0. The van der Waals surface area contributed by atoms with E-state index in [1.54, 1.807) is 0 Å². The zero-order chi connectivity index (χ0) is 24.2. The molecule has 1 aliphatic heterocycles. The Bertz CT molecular complexity index is 962. The van der Waals surface area contributed by atoms with Crippen LogP contribution in [-0.2, 0) is 25.5 Å². The summed E-state index contributed by atoms with van der Waals surface area (Å²) in [7, 11) is 0. The van der Waals surface area contributed by atoms with E-state index in [4.69, 9.17) is 4.74 Å². The first-order valence-electron chi connectivity index (χ1n) is 11.7. The Balaban J connectivity index is 1.64. The fourth-order valence-electron chi connectivity index (χ4n) is 3.88. The molecule has 180 valence electrons. The van der Waals surface area contributed by atoms with Crippen molar-refractivity contribution in [3.63, 3.8) is 0 Å². The Kier molecular flexibility index (Phi) is 9.85. The molecule has 7 nitrogen and oxygen atoms in total. The smallest absolute Gasteiger partial charge is 0.306 e. The third-order valence-corrected chi connectivity index (χ3v) is 5.72. The molecule has 0 unspecified atom stereocenters. The highest BCUT2D eigenvalue weighted by molar-refractivity contribution is 5.86. The van der Waals surface area contributed by atoms with E-state index in [1.165, 1.54) is 0 Å². The summed E-state index contributed by atoms with van der Waals surface area (Å²) in [6.07, 6.45) is 4.70. The number of allylic oxidation sites excluding steroid dienone is 2. The lowest BCUT2D eigenvalue weighted by molar-refractivity contribution is -0.150. The highest BCUT2D eigenvalue weighted by atomic mass is 16.5. The lowest BCUT2D eigenvalue weighted by atomic mass is 9.98. The third kappa shape index (κ3) is 8.15. The van der Waals surface area contributed by atoms with E-state index in [1.807, 2.05) is 72.8 Å². The normalized spacial score (nSPS) is 21.2. The van der Waals surface area contributed by atoms with Crippen molar-refractivity contribution >= 4 is 17.8 Å². The van der Waals surface area contributed by atoms with E-state index in [0.717, 1.165) is 11.1 Å². The highest BCUT2D eigenvalue weighted by Gasteiger charge is 2.25. The molecule has 2 aromatic rings. The summed E-state index contributed by atoms with van der Waals surface area (Å²) in [5.41, 5.74) is 1.81. The molecule has 0 saturated heterocycles. The van der Waals surface area contributed by atoms with Crippen LogP contribution in [0.3, 0.4) is 0 Å². The lowest BCUT2D eigenvalue weighted by Gasteiger charge is -2.22. The number of aliphatic hydroxyl groups is 1. The Morgan fingerprint density at radius 2 is 1.76 bits per heavy atom. The van der Waals surface area contributed by atoms with E-state index < -0.39 is 18.1 Å². The van der Waals surface area contributed by atoms with E-state index in [-0.39, 0.29) is 43.8 Å². The van der Waals surface area contributed by atoms with Gasteiger partial charge in [0.1, 0.15) is 6.10 Å². The van der Waals surface area contributed by atoms with Gasteiger partial charge in [0, 0.05) is 12.8 Å². The molecule has 0 fully saturated rings. The molecule has 3 atom stereocenters. The fraction of sp³-hybridized carbons (Fsp3) is 0.370. The molecule has 0 aliphatic carbocycles. The minimum atomic E-state index is -0.597. The molecule has 0 bridgehead atoms. The topological polar surface area (TPSA) is 105 Å². The van der Waals surface area contributed by atoms with E-state index in [0.29, 0.717) is 19.3 Å². The van der Waals surface area contributed by atoms with Gasteiger partial charge < -0.3 is 20.5 Å². The molecule has 2 amide bonds. The number of esters is 1. The largest absolute Gasteiger partial charge is 0.456 e. The van der Waals surface area contributed by atoms with Crippen LogP contribution in [0.25, 0.3) is 0 Å². The Morgan fingerprint density at radius 1 is 1.06 bits per heavy atom. The summed E-state index contributed by atoms with van der Waals surface area (Å²) in [5.74, 6) is -1.46. The van der Waals surface area contributed by atoms with E-state index >= 15 is 0 Å². The maximum Gasteiger partial charge on any atom is 0.306 e. The molecular formula is C27H32N2O5. The fourth-order valence-corrected chi connectivity index (χ4v) is 3.88. The molecule has 34 heavy (non-hydrogen) atoms. The van der Waals surface area contributed by atoms with Crippen molar-refractivity contribution in [3.8, 4) is 0 Å². The molecule has 3 rings (SSSR count). The van der Waals surface area contributed by atoms with Crippen molar-refractivity contribution in [1.82, 2.24) is 10.6 Å². The van der Waals surface area contributed by atoms with Crippen LogP contribution in [-0.4, -0.2) is 42.1 Å². The van der Waals surface area contributed by atoms with Crippen molar-refractivity contribution in [2.75, 3.05) is 13.2 Å². The number of ether oxygens (including phenoxy) is 1. The summed E-state index contributed by atoms with van der Waals surface area (Å²) in [5, 5.41) is 15.4. The van der Waals surface area contributed by atoms with E-state index in [9.17, 15) is 19.5 Å². The van der Waals surface area contributed by atoms with Gasteiger partial charge in [0.05, 0.1) is 25.1 Å². The number of aliphatic hydroxyl groups excluding tert-OH is 1. The Hall–Kier alpha value is -3.45. The van der Waals surface area contributed by atoms with E-state index in [2.05, 4.69) is 10.6 Å². The van der Waals surface area contributed by atoms with Gasteiger partial charge in [0.2, 0.25) is 11.8 Å². The molecule has 2 aromatic carbocycles. The summed E-state index contributed by atoms with van der Waals surface area (Å²) in [6, 6.07) is 18.5. The van der Waals surface area contributed by atoms with Crippen molar-refractivity contribution < 1.29 is 24.2 Å². The van der Waals surface area contributed by atoms with Crippen molar-refractivity contribution in [2.45, 2.75) is 44.2 Å². The standard InChI is InChI=1S/C27H32N2O5/c30-19-23(16-20-10-4-1-5-11-20)29-25(31)17-22-14-8-3-9-15-26(32)34-24(18-28-27(22)33)21-12-6-2-7-13-21/h1-8,10-13,22-24,30H,9,14-19H2,(H,28,33)(H,29,31)/b8-3-/t22-,23-,24-/m0/s1. The quantitative estimate of drug-likeness (QED) is 0.432. The van der Waals surface area contributed by atoms with Crippen molar-refractivity contribution in [1.29, 1.82) is 0 Å². The molecular weight excluding hydrogens is 432 g/mol. The minimum absolute atomic E-state index is 0.00272. The number of benzene rings is 2. The molecule has 1 heterocycles. The van der Waals surface area contributed by atoms with Crippen LogP contribution in [0.2, 0.25) is 0 Å². The number of cyclic esters (lactones) is 1. The van der Waals surface area contributed by atoms with Gasteiger partial charge in [-0.05, 0) is 30.4 Å². The van der Waals surface area contributed by atoms with Crippen molar-refractivity contribution in [2.24, 2.45) is 5.92 Å². The number of carbonyl (C=O) groups is 3. The van der Waals surface area contributed by atoms with Crippen LogP contribution in [0.15, 0.2) is 72.8 Å². The molecule has 0 saturated carbocycles. The highest BCUT2D eigenvalue weighted by Crippen LogP contribution is 2.19. The second-order valence-electron chi connectivity index (χ2n) is 8.42. The van der Waals surface area contributed by atoms with Gasteiger partial charge in [-0.2, -0.15) is 0 Å². The molecule has 0 radical (unpaired) electrons. The number of amides is 2. The number of hydrogen-bond donors (Lipinski definition) is 3. The van der Waals surface area contributed by atoms with Crippen LogP contribution in [0.1, 0.15) is 42.9 Å².